The lowest BCUT2D eigenvalue weighted by Crippen LogP contribution is -2.26. The van der Waals surface area contributed by atoms with Gasteiger partial charge in [0.1, 0.15) is 29.1 Å². The van der Waals surface area contributed by atoms with Crippen LogP contribution in [0.4, 0.5) is 11.6 Å². The molecule has 4 aromatic heterocycles. The van der Waals surface area contributed by atoms with Gasteiger partial charge in [-0.15, -0.1) is 0 Å². The fourth-order valence-electron chi connectivity index (χ4n) is 4.09. The lowest BCUT2D eigenvalue weighted by atomic mass is 10.1. The monoisotopic (exact) mass is 514 g/mol. The van der Waals surface area contributed by atoms with Gasteiger partial charge >= 0.3 is 5.82 Å². The lowest BCUT2D eigenvalue weighted by Gasteiger charge is -2.14. The average Bonchev–Trinajstić information content (AvgIpc) is 3.51. The molecule has 0 atom stereocenters. The van der Waals surface area contributed by atoms with Crippen molar-refractivity contribution in [1.82, 2.24) is 29.1 Å². The topological polar surface area (TPSA) is 146 Å². The summed E-state index contributed by atoms with van der Waals surface area (Å²) in [7, 11) is 1.61. The summed E-state index contributed by atoms with van der Waals surface area (Å²) in [6.07, 6.45) is 6.71. The SMILES string of the molecule is COc1ccn2c(-c3cc(NCc4ccc(-c5cn(CC(C)(C)O)nc5[N+](=O)[O-])cc4)ncn3)cnc2c1. The van der Waals surface area contributed by atoms with Crippen LogP contribution in [0.5, 0.6) is 5.75 Å². The zero-order chi connectivity index (χ0) is 26.9. The molecule has 12 nitrogen and oxygen atoms in total. The Hall–Kier alpha value is -4.84. The first-order chi connectivity index (χ1) is 18.2. The van der Waals surface area contributed by atoms with Gasteiger partial charge in [-0.1, -0.05) is 24.3 Å². The third-order valence-corrected chi connectivity index (χ3v) is 5.85. The molecule has 4 heterocycles. The maximum absolute atomic E-state index is 11.5. The van der Waals surface area contributed by atoms with E-state index in [0.29, 0.717) is 29.2 Å². The molecule has 2 N–H and O–H groups in total. The minimum absolute atomic E-state index is 0.139. The highest BCUT2D eigenvalue weighted by Gasteiger charge is 2.25. The molecule has 194 valence electrons. The first kappa shape index (κ1) is 24.8. The Morgan fingerprint density at radius 1 is 1.13 bits per heavy atom. The highest BCUT2D eigenvalue weighted by atomic mass is 16.6. The van der Waals surface area contributed by atoms with E-state index in [0.717, 1.165) is 22.7 Å². The van der Waals surface area contributed by atoms with Gasteiger partial charge < -0.3 is 25.3 Å². The maximum Gasteiger partial charge on any atom is 0.397 e. The number of ether oxygens (including phenoxy) is 1. The van der Waals surface area contributed by atoms with Crippen LogP contribution in [0.25, 0.3) is 28.2 Å². The molecule has 12 heteroatoms. The van der Waals surface area contributed by atoms with Crippen LogP contribution >= 0.6 is 0 Å². The minimum Gasteiger partial charge on any atom is -0.497 e. The number of nitrogens with one attached hydrogen (secondary N) is 1. The number of benzene rings is 1. The van der Waals surface area contributed by atoms with Crippen LogP contribution in [-0.4, -0.2) is 51.9 Å². The fraction of sp³-hybridized carbons (Fsp3) is 0.231. The molecule has 0 aliphatic rings. The quantitative estimate of drug-likeness (QED) is 0.220. The number of imidazole rings is 1. The number of rotatable bonds is 9. The Morgan fingerprint density at radius 2 is 1.92 bits per heavy atom. The Balaban J connectivity index is 1.31. The number of fused-ring (bicyclic) bond motifs is 1. The molecule has 0 bridgehead atoms. The van der Waals surface area contributed by atoms with Crippen molar-refractivity contribution in [1.29, 1.82) is 0 Å². The van der Waals surface area contributed by atoms with Crippen LogP contribution in [0.2, 0.25) is 0 Å². The van der Waals surface area contributed by atoms with Crippen LogP contribution in [0.3, 0.4) is 0 Å². The van der Waals surface area contributed by atoms with Gasteiger partial charge in [0.2, 0.25) is 0 Å². The predicted octanol–water partition coefficient (Wildman–Crippen LogP) is 3.95. The van der Waals surface area contributed by atoms with E-state index >= 15 is 0 Å². The molecule has 0 radical (unpaired) electrons. The van der Waals surface area contributed by atoms with Crippen LogP contribution in [0, 0.1) is 10.1 Å². The van der Waals surface area contributed by atoms with Crippen LogP contribution in [0.15, 0.2) is 67.4 Å². The van der Waals surface area contributed by atoms with E-state index in [2.05, 4.69) is 25.4 Å². The first-order valence-corrected chi connectivity index (χ1v) is 11.8. The number of aromatic nitrogens is 6. The molecule has 5 aromatic rings. The molecule has 0 spiro atoms. The van der Waals surface area contributed by atoms with Gasteiger partial charge in [0.25, 0.3) is 0 Å². The number of methoxy groups -OCH3 is 1. The van der Waals surface area contributed by atoms with E-state index in [4.69, 9.17) is 4.74 Å². The van der Waals surface area contributed by atoms with E-state index in [-0.39, 0.29) is 12.4 Å². The van der Waals surface area contributed by atoms with Crippen LogP contribution < -0.4 is 10.1 Å². The second-order valence-electron chi connectivity index (χ2n) is 9.41. The van der Waals surface area contributed by atoms with Gasteiger partial charge in [-0.25, -0.2) is 15.0 Å². The molecule has 0 aliphatic heterocycles. The number of aliphatic hydroxyl groups is 1. The van der Waals surface area contributed by atoms with Gasteiger partial charge in [-0.3, -0.25) is 4.40 Å². The van der Waals surface area contributed by atoms with Gasteiger partial charge in [0.15, 0.2) is 0 Å². The summed E-state index contributed by atoms with van der Waals surface area (Å²) in [5, 5.41) is 28.9. The normalized spacial score (nSPS) is 11.6. The number of anilines is 1. The molecule has 0 amide bonds. The van der Waals surface area contributed by atoms with Crippen LogP contribution in [0.1, 0.15) is 19.4 Å². The summed E-state index contributed by atoms with van der Waals surface area (Å²) in [6, 6.07) is 13.0. The number of hydrogen-bond acceptors (Lipinski definition) is 9. The minimum atomic E-state index is -1.05. The van der Waals surface area contributed by atoms with Crippen molar-refractivity contribution in [3.8, 4) is 28.3 Å². The highest BCUT2D eigenvalue weighted by Crippen LogP contribution is 2.29. The summed E-state index contributed by atoms with van der Waals surface area (Å²) in [5.74, 6) is 1.12. The average molecular weight is 515 g/mol. The molecule has 0 aliphatic carbocycles. The summed E-state index contributed by atoms with van der Waals surface area (Å²) >= 11 is 0. The van der Waals surface area contributed by atoms with Gasteiger partial charge in [0, 0.05) is 24.9 Å². The predicted molar refractivity (Wildman–Crippen MR) is 141 cm³/mol. The second kappa shape index (κ2) is 9.90. The Labute approximate surface area is 217 Å². The molecular weight excluding hydrogens is 488 g/mol. The smallest absolute Gasteiger partial charge is 0.397 e. The largest absolute Gasteiger partial charge is 0.497 e. The van der Waals surface area contributed by atoms with Gasteiger partial charge in [-0.2, -0.15) is 4.68 Å². The van der Waals surface area contributed by atoms with Crippen molar-refractivity contribution in [2.45, 2.75) is 32.5 Å². The Bertz CT molecular complexity index is 1600. The highest BCUT2D eigenvalue weighted by molar-refractivity contribution is 5.71. The molecule has 0 saturated carbocycles. The summed E-state index contributed by atoms with van der Waals surface area (Å²) in [4.78, 5) is 24.2. The van der Waals surface area contributed by atoms with E-state index in [9.17, 15) is 15.2 Å². The van der Waals surface area contributed by atoms with Crippen molar-refractivity contribution in [2.24, 2.45) is 0 Å². The Morgan fingerprint density at radius 3 is 2.63 bits per heavy atom. The first-order valence-electron chi connectivity index (χ1n) is 11.8. The molecule has 0 saturated heterocycles. The third kappa shape index (κ3) is 5.30. The van der Waals surface area contributed by atoms with Crippen molar-refractivity contribution in [3.05, 3.63) is 83.1 Å². The lowest BCUT2D eigenvalue weighted by molar-refractivity contribution is -0.389. The third-order valence-electron chi connectivity index (χ3n) is 5.85. The molecular formula is C26H26N8O4. The zero-order valence-electron chi connectivity index (χ0n) is 21.1. The summed E-state index contributed by atoms with van der Waals surface area (Å²) in [6.45, 7) is 3.87. The van der Waals surface area contributed by atoms with E-state index < -0.39 is 10.5 Å². The molecule has 0 unspecified atom stereocenters. The summed E-state index contributed by atoms with van der Waals surface area (Å²) < 4.78 is 8.59. The molecule has 1 aromatic carbocycles. The van der Waals surface area contributed by atoms with Crippen molar-refractivity contribution in [2.75, 3.05) is 12.4 Å². The van der Waals surface area contributed by atoms with E-state index in [1.165, 1.54) is 11.0 Å². The number of nitrogens with zero attached hydrogens (tertiary/aromatic N) is 7. The number of pyridine rings is 1. The number of nitro groups is 1. The standard InChI is InChI=1S/C26H26N8O4/c1-26(2,35)15-32-14-20(25(31-32)34(36)37)18-6-4-17(5-7-18)12-27-23-11-21(29-16-30-23)22-13-28-24-10-19(38-3)8-9-33(22)24/h4-11,13-14,16,35H,12,15H2,1-3H3,(H,27,29,30). The van der Waals surface area contributed by atoms with E-state index in [1.54, 1.807) is 33.4 Å². The Kier molecular flexibility index (Phi) is 6.47. The molecule has 38 heavy (non-hydrogen) atoms. The maximum atomic E-state index is 11.5. The number of hydrogen-bond donors (Lipinski definition) is 2. The molecule has 5 rings (SSSR count). The van der Waals surface area contributed by atoms with E-state index in [1.807, 2.05) is 53.1 Å². The van der Waals surface area contributed by atoms with Crippen molar-refractivity contribution in [3.63, 3.8) is 0 Å². The van der Waals surface area contributed by atoms with Crippen LogP contribution in [-0.2, 0) is 13.1 Å². The fourth-order valence-corrected chi connectivity index (χ4v) is 4.09. The molecule has 0 fully saturated rings. The summed E-state index contributed by atoms with van der Waals surface area (Å²) in [5.41, 5.74) is 3.25. The van der Waals surface area contributed by atoms with Gasteiger partial charge in [0.05, 0.1) is 48.1 Å². The van der Waals surface area contributed by atoms with Crippen molar-refractivity contribution < 1.29 is 14.8 Å². The van der Waals surface area contributed by atoms with Gasteiger partial charge in [-0.05, 0) is 36.0 Å². The second-order valence-corrected chi connectivity index (χ2v) is 9.41. The van der Waals surface area contributed by atoms with Crippen molar-refractivity contribution >= 4 is 17.3 Å². The zero-order valence-corrected chi connectivity index (χ0v) is 21.1.